The van der Waals surface area contributed by atoms with Crippen LogP contribution in [0.5, 0.6) is 11.5 Å². The summed E-state index contributed by atoms with van der Waals surface area (Å²) in [5.41, 5.74) is 16.6. The molecule has 254 valence electrons. The second-order valence-corrected chi connectivity index (χ2v) is 13.0. The molecule has 49 heavy (non-hydrogen) atoms. The highest BCUT2D eigenvalue weighted by Gasteiger charge is 2.37. The molecule has 0 aliphatic carbocycles. The minimum Gasteiger partial charge on any atom is -1.00 e. The number of halogens is 2. The minimum absolute atomic E-state index is 0. The molecule has 4 N–H and O–H groups in total. The SMILES string of the molecule is Nc1nc(N)c(C(=O)C[C@H]2CCC[N+](Cc3ccc(OCc4ccccc4)cc3)(Cc3ccc(OCc4ccccc4)cc3)C2)nc1Cl.[Cl-]. The number of carbonyl (C=O) groups excluding carboxylic acids is 1. The smallest absolute Gasteiger partial charge is 0.185 e. The fourth-order valence-corrected chi connectivity index (χ4v) is 6.73. The summed E-state index contributed by atoms with van der Waals surface area (Å²) >= 11 is 6.10. The topological polar surface area (TPSA) is 113 Å². The second-order valence-electron chi connectivity index (χ2n) is 12.7. The van der Waals surface area contributed by atoms with Gasteiger partial charge in [-0.05, 0) is 72.5 Å². The second kappa shape index (κ2) is 16.7. The van der Waals surface area contributed by atoms with Crippen LogP contribution in [0.4, 0.5) is 11.6 Å². The first-order valence-electron chi connectivity index (χ1n) is 16.3. The van der Waals surface area contributed by atoms with E-state index in [4.69, 9.17) is 32.5 Å². The summed E-state index contributed by atoms with van der Waals surface area (Å²) in [5.74, 6) is 1.69. The molecule has 8 nitrogen and oxygen atoms in total. The molecule has 10 heteroatoms. The van der Waals surface area contributed by atoms with E-state index in [1.54, 1.807) is 0 Å². The zero-order chi connectivity index (χ0) is 33.3. The van der Waals surface area contributed by atoms with E-state index in [9.17, 15) is 4.79 Å². The number of ketones is 1. The molecule has 1 aliphatic rings. The third-order valence-electron chi connectivity index (χ3n) is 8.91. The maximum Gasteiger partial charge on any atom is 0.185 e. The molecule has 1 saturated heterocycles. The van der Waals surface area contributed by atoms with Gasteiger partial charge in [-0.15, -0.1) is 0 Å². The van der Waals surface area contributed by atoms with Crippen molar-refractivity contribution in [2.75, 3.05) is 24.6 Å². The molecule has 4 aromatic carbocycles. The number of likely N-dealkylation sites (tertiary alicyclic amines) is 1. The zero-order valence-electron chi connectivity index (χ0n) is 27.3. The average Bonchev–Trinajstić information content (AvgIpc) is 3.10. The van der Waals surface area contributed by atoms with Crippen molar-refractivity contribution >= 4 is 29.0 Å². The quantitative estimate of drug-likeness (QED) is 0.136. The lowest BCUT2D eigenvalue weighted by molar-refractivity contribution is -0.960. The maximum absolute atomic E-state index is 13.4. The van der Waals surface area contributed by atoms with Gasteiger partial charge in [0.1, 0.15) is 43.5 Å². The lowest BCUT2D eigenvalue weighted by Gasteiger charge is -2.45. The van der Waals surface area contributed by atoms with E-state index < -0.39 is 0 Å². The van der Waals surface area contributed by atoms with Crippen LogP contribution in [0.3, 0.4) is 0 Å². The van der Waals surface area contributed by atoms with Gasteiger partial charge in [0.15, 0.2) is 22.6 Å². The Hall–Kier alpha value is -4.63. The highest BCUT2D eigenvalue weighted by molar-refractivity contribution is 6.31. The summed E-state index contributed by atoms with van der Waals surface area (Å²) < 4.78 is 12.9. The maximum atomic E-state index is 13.4. The van der Waals surface area contributed by atoms with E-state index in [0.29, 0.717) is 19.6 Å². The Morgan fingerprint density at radius 3 is 1.73 bits per heavy atom. The van der Waals surface area contributed by atoms with E-state index >= 15 is 0 Å². The largest absolute Gasteiger partial charge is 1.00 e. The molecule has 0 amide bonds. The fourth-order valence-electron chi connectivity index (χ4n) is 6.60. The van der Waals surface area contributed by atoms with Gasteiger partial charge in [-0.2, -0.15) is 0 Å². The minimum atomic E-state index is -0.160. The molecule has 1 atom stereocenters. The van der Waals surface area contributed by atoms with Gasteiger partial charge in [0, 0.05) is 23.5 Å². The van der Waals surface area contributed by atoms with Gasteiger partial charge in [0.2, 0.25) is 0 Å². The summed E-state index contributed by atoms with van der Waals surface area (Å²) in [7, 11) is 0. The number of ether oxygens (including phenoxy) is 2. The van der Waals surface area contributed by atoms with Crippen molar-refractivity contribution in [1.29, 1.82) is 0 Å². The van der Waals surface area contributed by atoms with Crippen molar-refractivity contribution in [1.82, 2.24) is 9.97 Å². The molecule has 0 unspecified atom stereocenters. The number of rotatable bonds is 13. The lowest BCUT2D eigenvalue weighted by atomic mass is 9.89. The van der Waals surface area contributed by atoms with Gasteiger partial charge in [0.05, 0.1) is 13.1 Å². The first kappa shape index (κ1) is 35.7. The van der Waals surface area contributed by atoms with Crippen LogP contribution in [0.25, 0.3) is 0 Å². The Bertz CT molecular complexity index is 1720. The molecular weight excluding hydrogens is 657 g/mol. The number of hydrogen-bond donors (Lipinski definition) is 2. The summed E-state index contributed by atoms with van der Waals surface area (Å²) in [6, 6.07) is 37.1. The van der Waals surface area contributed by atoms with E-state index in [0.717, 1.165) is 66.1 Å². The highest BCUT2D eigenvalue weighted by Crippen LogP contribution is 2.33. The summed E-state index contributed by atoms with van der Waals surface area (Å²) in [6.07, 6.45) is 2.26. The molecule has 1 aliphatic heterocycles. The number of nitrogen functional groups attached to an aromatic ring is 2. The van der Waals surface area contributed by atoms with Gasteiger partial charge in [0.25, 0.3) is 0 Å². The van der Waals surface area contributed by atoms with Gasteiger partial charge in [-0.1, -0.05) is 72.3 Å². The van der Waals surface area contributed by atoms with Crippen molar-refractivity contribution in [3.8, 4) is 11.5 Å². The number of nitrogens with zero attached hydrogens (tertiary/aromatic N) is 3. The third kappa shape index (κ3) is 9.72. The van der Waals surface area contributed by atoms with Crippen molar-refractivity contribution in [2.45, 2.75) is 45.6 Å². The average molecular weight is 699 g/mol. The molecule has 6 rings (SSSR count). The van der Waals surface area contributed by atoms with Crippen LogP contribution in [0.15, 0.2) is 109 Å². The number of aromatic nitrogens is 2. The summed E-state index contributed by atoms with van der Waals surface area (Å²) in [5, 5.41) is -0.00582. The number of nitrogens with two attached hydrogens (primary N) is 2. The van der Waals surface area contributed by atoms with Crippen LogP contribution in [0.2, 0.25) is 5.15 Å². The third-order valence-corrected chi connectivity index (χ3v) is 9.19. The van der Waals surface area contributed by atoms with Crippen molar-refractivity contribution in [2.24, 2.45) is 5.92 Å². The normalized spacial score (nSPS) is 15.2. The fraction of sp³-hybridized carbons (Fsp3) is 0.256. The van der Waals surface area contributed by atoms with Crippen LogP contribution >= 0.6 is 11.6 Å². The molecule has 2 heterocycles. The molecule has 1 aromatic heterocycles. The Balaban J connectivity index is 0.00000468. The number of anilines is 2. The predicted octanol–water partition coefficient (Wildman–Crippen LogP) is 4.66. The molecule has 0 saturated carbocycles. The van der Waals surface area contributed by atoms with E-state index in [2.05, 4.69) is 58.5 Å². The van der Waals surface area contributed by atoms with Crippen LogP contribution in [-0.4, -0.2) is 33.3 Å². The monoisotopic (exact) mass is 697 g/mol. The lowest BCUT2D eigenvalue weighted by Crippen LogP contribution is -3.00. The van der Waals surface area contributed by atoms with Crippen LogP contribution < -0.4 is 33.3 Å². The summed E-state index contributed by atoms with van der Waals surface area (Å²) in [4.78, 5) is 21.6. The van der Waals surface area contributed by atoms with E-state index in [-0.39, 0.29) is 46.6 Å². The zero-order valence-corrected chi connectivity index (χ0v) is 28.8. The molecule has 0 bridgehead atoms. The molecule has 0 radical (unpaired) electrons. The Morgan fingerprint density at radius 2 is 1.22 bits per heavy atom. The first-order valence-corrected chi connectivity index (χ1v) is 16.7. The van der Waals surface area contributed by atoms with Gasteiger partial charge < -0.3 is 37.8 Å². The van der Waals surface area contributed by atoms with E-state index in [1.807, 2.05) is 60.7 Å². The van der Waals surface area contributed by atoms with Crippen LogP contribution in [0, 0.1) is 5.92 Å². The molecular formula is C39H41Cl2N5O3. The van der Waals surface area contributed by atoms with E-state index in [1.165, 1.54) is 11.1 Å². The first-order chi connectivity index (χ1) is 23.3. The standard InChI is InChI=1S/C39H40ClN5O3.ClH/c40-37-39(42)44-38(41)36(43-37)35(46)22-32-12-7-21-45(25-32,23-28-13-17-33(18-14-28)47-26-30-8-3-1-4-9-30)24-29-15-19-34(20-16-29)48-27-31-10-5-2-6-11-31;/h1-6,8-11,13-20,32H,7,12,21-27H2,(H3-,41,42,44,46);1H/t32-;/m1./s1. The van der Waals surface area contributed by atoms with Crippen molar-refractivity contribution in [3.63, 3.8) is 0 Å². The number of quaternary nitrogens is 1. The van der Waals surface area contributed by atoms with Crippen molar-refractivity contribution < 1.29 is 31.2 Å². The van der Waals surface area contributed by atoms with Crippen LogP contribution in [0.1, 0.15) is 52.0 Å². The number of benzene rings is 4. The number of hydrogen-bond acceptors (Lipinski definition) is 7. The Labute approximate surface area is 299 Å². The van der Waals surface area contributed by atoms with Gasteiger partial charge in [-0.3, -0.25) is 4.79 Å². The number of carbonyl (C=O) groups is 1. The molecule has 5 aromatic rings. The van der Waals surface area contributed by atoms with Crippen molar-refractivity contribution in [3.05, 3.63) is 142 Å². The predicted molar refractivity (Wildman–Crippen MR) is 189 cm³/mol. The van der Waals surface area contributed by atoms with Gasteiger partial charge >= 0.3 is 0 Å². The molecule has 0 spiro atoms. The Kier molecular flexibility index (Phi) is 12.1. The number of piperidine rings is 1. The summed E-state index contributed by atoms with van der Waals surface area (Å²) in [6.45, 7) is 4.53. The van der Waals surface area contributed by atoms with Crippen LogP contribution in [-0.2, 0) is 26.3 Å². The van der Waals surface area contributed by atoms with Gasteiger partial charge in [-0.25, -0.2) is 9.97 Å². The highest BCUT2D eigenvalue weighted by atomic mass is 35.5. The Morgan fingerprint density at radius 1 is 0.714 bits per heavy atom. The number of Topliss-reactive ketones (excluding diaryl/α,β-unsaturated/α-hetero) is 1. The molecule has 1 fully saturated rings.